The second kappa shape index (κ2) is 6.28. The topological polar surface area (TPSA) is 60.2 Å². The van der Waals surface area contributed by atoms with Crippen LogP contribution in [0.5, 0.6) is 0 Å². The molecule has 0 aliphatic heterocycles. The Kier molecular flexibility index (Phi) is 4.45. The molecule has 21 heavy (non-hydrogen) atoms. The number of nitrogens with zero attached hydrogens (tertiary/aromatic N) is 1. The lowest BCUT2D eigenvalue weighted by Crippen LogP contribution is -1.92. The molecule has 0 amide bonds. The molecule has 2 rings (SSSR count). The van der Waals surface area contributed by atoms with Gasteiger partial charge in [0.05, 0.1) is 9.96 Å². The van der Waals surface area contributed by atoms with Gasteiger partial charge in [-0.05, 0) is 35.4 Å². The minimum absolute atomic E-state index is 0.0816. The van der Waals surface area contributed by atoms with E-state index in [4.69, 9.17) is 11.6 Å². The van der Waals surface area contributed by atoms with E-state index in [9.17, 15) is 19.3 Å². The Balaban J connectivity index is 2.46. The third-order valence-corrected chi connectivity index (χ3v) is 3.26. The first-order chi connectivity index (χ1) is 10.0. The summed E-state index contributed by atoms with van der Waals surface area (Å²) in [6.07, 6.45) is 0.562. The van der Waals surface area contributed by atoms with E-state index in [-0.39, 0.29) is 16.3 Å². The highest BCUT2D eigenvalue weighted by Gasteiger charge is 2.11. The fourth-order valence-corrected chi connectivity index (χ4v) is 2.04. The molecule has 2 aromatic carbocycles. The fourth-order valence-electron chi connectivity index (χ4n) is 1.76. The van der Waals surface area contributed by atoms with Crippen molar-refractivity contribution in [3.8, 4) is 0 Å². The Morgan fingerprint density at radius 2 is 1.57 bits per heavy atom. The number of rotatable bonds is 4. The van der Waals surface area contributed by atoms with E-state index in [0.717, 1.165) is 0 Å². The molecule has 0 saturated heterocycles. The number of hydrogen-bond acceptors (Lipinski definition) is 3. The van der Waals surface area contributed by atoms with Crippen LogP contribution in [0.2, 0.25) is 0 Å². The van der Waals surface area contributed by atoms with Gasteiger partial charge in [0, 0.05) is 17.7 Å². The van der Waals surface area contributed by atoms with Crippen molar-refractivity contribution in [2.45, 2.75) is 0 Å². The van der Waals surface area contributed by atoms with Crippen LogP contribution in [-0.4, -0.2) is 11.2 Å². The molecule has 0 unspecified atom stereocenters. The van der Waals surface area contributed by atoms with Gasteiger partial charge in [0.25, 0.3) is 5.69 Å². The van der Waals surface area contributed by atoms with Crippen LogP contribution in [0.4, 0.5) is 10.1 Å². The minimum Gasteiger partial charge on any atom is -0.298 e. The van der Waals surface area contributed by atoms with E-state index >= 15 is 0 Å². The summed E-state index contributed by atoms with van der Waals surface area (Å²) in [5.74, 6) is -0.411. The van der Waals surface area contributed by atoms with Gasteiger partial charge in [-0.15, -0.1) is 0 Å². The van der Waals surface area contributed by atoms with Gasteiger partial charge in [-0.25, -0.2) is 4.39 Å². The van der Waals surface area contributed by atoms with Gasteiger partial charge >= 0.3 is 0 Å². The largest absolute Gasteiger partial charge is 0.298 e. The summed E-state index contributed by atoms with van der Waals surface area (Å²) in [7, 11) is 0. The molecule has 0 saturated carbocycles. The predicted octanol–water partition coefficient (Wildman–Crippen LogP) is 4.04. The lowest BCUT2D eigenvalue weighted by molar-refractivity contribution is -0.384. The smallest absolute Gasteiger partial charge is 0.269 e. The van der Waals surface area contributed by atoms with Crippen molar-refractivity contribution in [2.75, 3.05) is 0 Å². The summed E-state index contributed by atoms with van der Waals surface area (Å²) in [6.45, 7) is 0. The Hall–Kier alpha value is -2.53. The maximum atomic E-state index is 12.9. The van der Waals surface area contributed by atoms with Crippen LogP contribution in [0.3, 0.4) is 0 Å². The fraction of sp³-hybridized carbons (Fsp3) is 0. The molecule has 0 aliphatic rings. The molecule has 0 aromatic heterocycles. The standard InChI is InChI=1S/C15H9ClFNO3/c16-15(11-1-5-12(17)6-2-11)14(9-19)10-3-7-13(8-4-10)18(20)21/h1-9H. The number of benzene rings is 2. The van der Waals surface area contributed by atoms with Crippen LogP contribution in [0.25, 0.3) is 10.6 Å². The van der Waals surface area contributed by atoms with Gasteiger partial charge in [0.1, 0.15) is 5.82 Å². The third-order valence-electron chi connectivity index (χ3n) is 2.84. The number of carbonyl (C=O) groups excluding carboxylic acids is 1. The lowest BCUT2D eigenvalue weighted by atomic mass is 10.0. The number of carbonyl (C=O) groups is 1. The molecule has 0 N–H and O–H groups in total. The first kappa shape index (κ1) is 14.9. The number of non-ortho nitro benzene ring substituents is 1. The first-order valence-electron chi connectivity index (χ1n) is 5.88. The van der Waals surface area contributed by atoms with Crippen molar-refractivity contribution in [2.24, 2.45) is 0 Å². The Morgan fingerprint density at radius 1 is 1.05 bits per heavy atom. The number of nitro benzene ring substituents is 1. The molecular weight excluding hydrogens is 297 g/mol. The molecule has 0 bridgehead atoms. The highest BCUT2D eigenvalue weighted by Crippen LogP contribution is 2.29. The molecule has 0 aliphatic carbocycles. The van der Waals surface area contributed by atoms with E-state index in [1.807, 2.05) is 0 Å². The summed E-state index contributed by atoms with van der Waals surface area (Å²) in [4.78, 5) is 21.3. The summed E-state index contributed by atoms with van der Waals surface area (Å²) >= 11 is 6.15. The van der Waals surface area contributed by atoms with Crippen molar-refractivity contribution in [1.29, 1.82) is 0 Å². The highest BCUT2D eigenvalue weighted by atomic mass is 35.5. The van der Waals surface area contributed by atoms with Crippen LogP contribution >= 0.6 is 11.6 Å². The molecule has 4 nitrogen and oxygen atoms in total. The number of halogens is 2. The van der Waals surface area contributed by atoms with Gasteiger partial charge in [0.2, 0.25) is 0 Å². The Labute approximate surface area is 124 Å². The second-order valence-corrected chi connectivity index (χ2v) is 4.53. The van der Waals surface area contributed by atoms with E-state index in [1.54, 1.807) is 0 Å². The molecule has 2 aromatic rings. The number of aldehydes is 1. The van der Waals surface area contributed by atoms with E-state index in [1.165, 1.54) is 48.5 Å². The highest BCUT2D eigenvalue weighted by molar-refractivity contribution is 6.55. The maximum Gasteiger partial charge on any atom is 0.269 e. The average molecular weight is 306 g/mol. The summed E-state index contributed by atoms with van der Waals surface area (Å²) in [5.41, 5.74) is 1.03. The second-order valence-electron chi connectivity index (χ2n) is 4.16. The van der Waals surface area contributed by atoms with Crippen molar-refractivity contribution < 1.29 is 14.1 Å². The van der Waals surface area contributed by atoms with Crippen molar-refractivity contribution >= 4 is 34.2 Å². The van der Waals surface area contributed by atoms with E-state index in [2.05, 4.69) is 0 Å². The van der Waals surface area contributed by atoms with Crippen molar-refractivity contribution in [3.63, 3.8) is 0 Å². The van der Waals surface area contributed by atoms with Crippen LogP contribution in [0.15, 0.2) is 48.5 Å². The third kappa shape index (κ3) is 3.32. The summed E-state index contributed by atoms with van der Waals surface area (Å²) in [5, 5.41) is 10.8. The number of hydrogen-bond donors (Lipinski definition) is 0. The molecule has 6 heteroatoms. The first-order valence-corrected chi connectivity index (χ1v) is 6.26. The molecule has 106 valence electrons. The van der Waals surface area contributed by atoms with Gasteiger partial charge < -0.3 is 0 Å². The summed E-state index contributed by atoms with van der Waals surface area (Å²) < 4.78 is 12.9. The Morgan fingerprint density at radius 3 is 2.05 bits per heavy atom. The van der Waals surface area contributed by atoms with Gasteiger partial charge in [0.15, 0.2) is 6.29 Å². The maximum absolute atomic E-state index is 12.9. The lowest BCUT2D eigenvalue weighted by Gasteiger charge is -2.05. The van der Waals surface area contributed by atoms with E-state index < -0.39 is 10.7 Å². The summed E-state index contributed by atoms with van der Waals surface area (Å²) in [6, 6.07) is 10.8. The molecule has 0 heterocycles. The average Bonchev–Trinajstić information content (AvgIpc) is 2.49. The van der Waals surface area contributed by atoms with Gasteiger partial charge in [-0.1, -0.05) is 23.7 Å². The zero-order chi connectivity index (χ0) is 15.4. The normalized spacial score (nSPS) is 11.7. The SMILES string of the molecule is O=CC(=C(Cl)c1ccc(F)cc1)c1ccc([N+](=O)[O-])cc1. The minimum atomic E-state index is -0.532. The molecular formula is C15H9ClFNO3. The molecule has 0 atom stereocenters. The van der Waals surface area contributed by atoms with Crippen LogP contribution in [0.1, 0.15) is 11.1 Å². The number of nitro groups is 1. The Bertz CT molecular complexity index is 709. The van der Waals surface area contributed by atoms with E-state index in [0.29, 0.717) is 17.4 Å². The van der Waals surface area contributed by atoms with Gasteiger partial charge in [-0.3, -0.25) is 14.9 Å². The number of allylic oxidation sites excluding steroid dienone is 1. The molecule has 0 radical (unpaired) electrons. The van der Waals surface area contributed by atoms with Crippen LogP contribution in [0, 0.1) is 15.9 Å². The monoisotopic (exact) mass is 305 g/mol. The van der Waals surface area contributed by atoms with Crippen LogP contribution < -0.4 is 0 Å². The van der Waals surface area contributed by atoms with Crippen molar-refractivity contribution in [3.05, 3.63) is 75.6 Å². The zero-order valence-corrected chi connectivity index (χ0v) is 11.4. The molecule has 0 fully saturated rings. The van der Waals surface area contributed by atoms with Crippen LogP contribution in [-0.2, 0) is 4.79 Å². The molecule has 0 spiro atoms. The quantitative estimate of drug-likeness (QED) is 0.281. The predicted molar refractivity (Wildman–Crippen MR) is 78.2 cm³/mol. The zero-order valence-electron chi connectivity index (χ0n) is 10.6. The van der Waals surface area contributed by atoms with Crippen molar-refractivity contribution in [1.82, 2.24) is 0 Å². The van der Waals surface area contributed by atoms with Gasteiger partial charge in [-0.2, -0.15) is 0 Å².